The van der Waals surface area contributed by atoms with Crippen molar-refractivity contribution >= 4 is 37.1 Å². The van der Waals surface area contributed by atoms with Gasteiger partial charge in [-0.3, -0.25) is 0 Å². The molecule has 1 saturated heterocycles. The van der Waals surface area contributed by atoms with E-state index in [9.17, 15) is 13.7 Å². The van der Waals surface area contributed by atoms with Crippen LogP contribution in [0.2, 0.25) is 0 Å². The standard InChI is InChI=1S/C10H10BrNO2S2/c11-9-2-1-8(15-9)5-10(6-12)3-4-16(13,14)7-10/h1-2H,3-5,7H2. The SMILES string of the molecule is N#CC1(Cc2ccc(Br)s2)CCS(=O)(=O)C1. The van der Waals surface area contributed by atoms with Crippen LogP contribution >= 0.6 is 27.3 Å². The number of thiophene rings is 1. The summed E-state index contributed by atoms with van der Waals surface area (Å²) in [6.07, 6.45) is 1.00. The number of sulfone groups is 1. The summed E-state index contributed by atoms with van der Waals surface area (Å²) >= 11 is 4.92. The second-order valence-corrected chi connectivity index (χ2v) is 8.85. The minimum absolute atomic E-state index is 0.00597. The third-order valence-electron chi connectivity index (χ3n) is 2.77. The average molecular weight is 320 g/mol. The first-order valence-electron chi connectivity index (χ1n) is 4.81. The predicted molar refractivity (Wildman–Crippen MR) is 67.0 cm³/mol. The van der Waals surface area contributed by atoms with Crippen molar-refractivity contribution in [3.8, 4) is 6.07 Å². The molecular weight excluding hydrogens is 310 g/mol. The first-order valence-corrected chi connectivity index (χ1v) is 8.24. The number of nitrogens with zero attached hydrogens (tertiary/aromatic N) is 1. The van der Waals surface area contributed by atoms with Crippen molar-refractivity contribution in [1.82, 2.24) is 0 Å². The van der Waals surface area contributed by atoms with Crippen molar-refractivity contribution in [2.24, 2.45) is 5.41 Å². The fourth-order valence-corrected chi connectivity index (χ4v) is 5.59. The second kappa shape index (κ2) is 4.13. The summed E-state index contributed by atoms with van der Waals surface area (Å²) in [5.41, 5.74) is -0.705. The quantitative estimate of drug-likeness (QED) is 0.841. The van der Waals surface area contributed by atoms with Gasteiger partial charge in [0.15, 0.2) is 9.84 Å². The molecule has 0 radical (unpaired) electrons. The summed E-state index contributed by atoms with van der Waals surface area (Å²) in [6.45, 7) is 0. The Balaban J connectivity index is 2.22. The van der Waals surface area contributed by atoms with Crippen LogP contribution in [0.4, 0.5) is 0 Å². The van der Waals surface area contributed by atoms with Gasteiger partial charge < -0.3 is 0 Å². The minimum atomic E-state index is -3.01. The zero-order chi connectivity index (χ0) is 11.8. The number of rotatable bonds is 2. The molecule has 1 fully saturated rings. The molecular formula is C10H10BrNO2S2. The van der Waals surface area contributed by atoms with Crippen molar-refractivity contribution in [2.45, 2.75) is 12.8 Å². The van der Waals surface area contributed by atoms with Gasteiger partial charge in [-0.25, -0.2) is 8.42 Å². The third kappa shape index (κ3) is 2.47. The van der Waals surface area contributed by atoms with E-state index < -0.39 is 15.3 Å². The summed E-state index contributed by atoms with van der Waals surface area (Å²) in [6, 6.07) is 6.07. The van der Waals surface area contributed by atoms with Gasteiger partial charge in [0, 0.05) is 11.3 Å². The molecule has 86 valence electrons. The Morgan fingerprint density at radius 3 is 2.75 bits per heavy atom. The Morgan fingerprint density at radius 1 is 1.56 bits per heavy atom. The topological polar surface area (TPSA) is 57.9 Å². The van der Waals surface area contributed by atoms with E-state index >= 15 is 0 Å². The Morgan fingerprint density at radius 2 is 2.31 bits per heavy atom. The molecule has 0 amide bonds. The van der Waals surface area contributed by atoms with Gasteiger partial charge in [0.25, 0.3) is 0 Å². The molecule has 1 aromatic rings. The van der Waals surface area contributed by atoms with Crippen molar-refractivity contribution in [2.75, 3.05) is 11.5 Å². The molecule has 3 nitrogen and oxygen atoms in total. The maximum atomic E-state index is 11.4. The molecule has 0 aromatic carbocycles. The van der Waals surface area contributed by atoms with E-state index in [-0.39, 0.29) is 11.5 Å². The molecule has 6 heteroatoms. The zero-order valence-corrected chi connectivity index (χ0v) is 11.7. The van der Waals surface area contributed by atoms with Gasteiger partial charge in [-0.15, -0.1) is 11.3 Å². The van der Waals surface area contributed by atoms with Gasteiger partial charge in [-0.1, -0.05) is 0 Å². The van der Waals surface area contributed by atoms with E-state index in [2.05, 4.69) is 22.0 Å². The lowest BCUT2D eigenvalue weighted by atomic mass is 9.85. The predicted octanol–water partition coefficient (Wildman–Crippen LogP) is 2.38. The molecule has 2 rings (SSSR count). The number of halogens is 1. The Hall–Kier alpha value is -0.380. The second-order valence-electron chi connectivity index (χ2n) is 4.12. The first kappa shape index (κ1) is 12.1. The molecule has 1 aliphatic rings. The van der Waals surface area contributed by atoms with Crippen LogP contribution in [0.15, 0.2) is 15.9 Å². The number of hydrogen-bond acceptors (Lipinski definition) is 4. The Bertz CT molecular complexity index is 543. The van der Waals surface area contributed by atoms with Gasteiger partial charge in [0.2, 0.25) is 0 Å². The highest BCUT2D eigenvalue weighted by Crippen LogP contribution is 2.37. The lowest BCUT2D eigenvalue weighted by molar-refractivity contribution is 0.455. The van der Waals surface area contributed by atoms with Gasteiger partial charge >= 0.3 is 0 Å². The monoisotopic (exact) mass is 319 g/mol. The van der Waals surface area contributed by atoms with E-state index in [0.717, 1.165) is 8.66 Å². The fraction of sp³-hybridized carbons (Fsp3) is 0.500. The van der Waals surface area contributed by atoms with Crippen LogP contribution < -0.4 is 0 Å². The van der Waals surface area contributed by atoms with Crippen LogP contribution in [0, 0.1) is 16.7 Å². The summed E-state index contributed by atoms with van der Waals surface area (Å²) < 4.78 is 23.9. The highest BCUT2D eigenvalue weighted by molar-refractivity contribution is 9.11. The molecule has 0 aliphatic carbocycles. The van der Waals surface area contributed by atoms with Crippen molar-refractivity contribution < 1.29 is 8.42 Å². The minimum Gasteiger partial charge on any atom is -0.229 e. The van der Waals surface area contributed by atoms with Gasteiger partial charge in [-0.05, 0) is 34.5 Å². The van der Waals surface area contributed by atoms with Gasteiger partial charge in [0.05, 0.1) is 26.8 Å². The smallest absolute Gasteiger partial charge is 0.151 e. The first-order chi connectivity index (χ1) is 7.45. The van der Waals surface area contributed by atoms with Crippen molar-refractivity contribution in [3.63, 3.8) is 0 Å². The molecule has 1 aliphatic heterocycles. The number of nitriles is 1. The molecule has 2 heterocycles. The molecule has 16 heavy (non-hydrogen) atoms. The van der Waals surface area contributed by atoms with Crippen LogP contribution in [-0.2, 0) is 16.3 Å². The molecule has 0 spiro atoms. The van der Waals surface area contributed by atoms with E-state index in [0.29, 0.717) is 12.8 Å². The van der Waals surface area contributed by atoms with E-state index in [1.54, 1.807) is 11.3 Å². The average Bonchev–Trinajstić information content (AvgIpc) is 2.72. The Labute approximate surface area is 107 Å². The van der Waals surface area contributed by atoms with Crippen LogP contribution in [0.5, 0.6) is 0 Å². The fourth-order valence-electron chi connectivity index (χ4n) is 1.96. The van der Waals surface area contributed by atoms with Gasteiger partial charge in [-0.2, -0.15) is 5.26 Å². The van der Waals surface area contributed by atoms with E-state index in [1.807, 2.05) is 12.1 Å². The highest BCUT2D eigenvalue weighted by atomic mass is 79.9. The van der Waals surface area contributed by atoms with E-state index in [1.165, 1.54) is 0 Å². The normalized spacial score (nSPS) is 27.8. The summed E-state index contributed by atoms with van der Waals surface area (Å²) in [7, 11) is -3.01. The molecule has 1 unspecified atom stereocenters. The molecule has 0 saturated carbocycles. The zero-order valence-electron chi connectivity index (χ0n) is 8.44. The largest absolute Gasteiger partial charge is 0.229 e. The lowest BCUT2D eigenvalue weighted by Crippen LogP contribution is -2.22. The van der Waals surface area contributed by atoms with Crippen molar-refractivity contribution in [3.05, 3.63) is 20.8 Å². The third-order valence-corrected chi connectivity index (χ3v) is 6.21. The summed E-state index contributed by atoms with van der Waals surface area (Å²) in [5.74, 6) is 0.152. The maximum absolute atomic E-state index is 11.4. The van der Waals surface area contributed by atoms with Crippen LogP contribution in [0.25, 0.3) is 0 Å². The van der Waals surface area contributed by atoms with Gasteiger partial charge in [0.1, 0.15) is 0 Å². The molecule has 1 atom stereocenters. The summed E-state index contributed by atoms with van der Waals surface area (Å²) in [5, 5.41) is 9.20. The molecule has 0 bridgehead atoms. The molecule has 1 aromatic heterocycles. The maximum Gasteiger partial charge on any atom is 0.151 e. The Kier molecular flexibility index (Phi) is 3.12. The lowest BCUT2D eigenvalue weighted by Gasteiger charge is -2.16. The molecule has 0 N–H and O–H groups in total. The summed E-state index contributed by atoms with van der Waals surface area (Å²) in [4.78, 5) is 1.06. The van der Waals surface area contributed by atoms with Crippen LogP contribution in [-0.4, -0.2) is 19.9 Å². The van der Waals surface area contributed by atoms with E-state index in [4.69, 9.17) is 0 Å². The van der Waals surface area contributed by atoms with Crippen LogP contribution in [0.3, 0.4) is 0 Å². The number of hydrogen-bond donors (Lipinski definition) is 0. The highest BCUT2D eigenvalue weighted by Gasteiger charge is 2.42. The van der Waals surface area contributed by atoms with Crippen molar-refractivity contribution in [1.29, 1.82) is 5.26 Å². The van der Waals surface area contributed by atoms with Crippen LogP contribution in [0.1, 0.15) is 11.3 Å².